The monoisotopic (exact) mass is 318 g/mol. The third kappa shape index (κ3) is 3.14. The summed E-state index contributed by atoms with van der Waals surface area (Å²) in [6.07, 6.45) is 0.887. The van der Waals surface area contributed by atoms with Gasteiger partial charge in [0.15, 0.2) is 11.5 Å². The van der Waals surface area contributed by atoms with Gasteiger partial charge in [0.05, 0.1) is 26.8 Å². The number of rotatable bonds is 5. The van der Waals surface area contributed by atoms with Crippen molar-refractivity contribution in [2.24, 2.45) is 0 Å². The lowest BCUT2D eigenvalue weighted by atomic mass is 9.98. The Hall–Kier alpha value is -2.54. The molecular weight excluding hydrogens is 300 g/mol. The highest BCUT2D eigenvalue weighted by Gasteiger charge is 2.21. The second-order valence-corrected chi connectivity index (χ2v) is 5.43. The van der Waals surface area contributed by atoms with E-state index in [0.717, 1.165) is 25.3 Å². The maximum absolute atomic E-state index is 10.7. The summed E-state index contributed by atoms with van der Waals surface area (Å²) in [5.74, 6) is 1.83. The summed E-state index contributed by atoms with van der Waals surface area (Å²) in [4.78, 5) is 12.3. The molecule has 1 aliphatic heterocycles. The summed E-state index contributed by atoms with van der Waals surface area (Å²) < 4.78 is 15.9. The lowest BCUT2D eigenvalue weighted by Crippen LogP contribution is -2.30. The Bertz CT molecular complexity index is 725. The number of hydrogen-bond donors (Lipinski definition) is 0. The van der Waals surface area contributed by atoms with Gasteiger partial charge in [-0.3, -0.25) is 15.0 Å². The number of nitrogens with zero attached hydrogens (tertiary/aromatic N) is 2. The molecule has 3 rings (SSSR count). The van der Waals surface area contributed by atoms with Crippen molar-refractivity contribution in [3.8, 4) is 11.5 Å². The van der Waals surface area contributed by atoms with Crippen LogP contribution in [-0.2, 0) is 19.5 Å². The first-order valence-corrected chi connectivity index (χ1v) is 7.30. The van der Waals surface area contributed by atoms with Crippen LogP contribution >= 0.6 is 0 Å². The molecule has 23 heavy (non-hydrogen) atoms. The Morgan fingerprint density at radius 1 is 1.22 bits per heavy atom. The zero-order chi connectivity index (χ0) is 16.4. The van der Waals surface area contributed by atoms with Crippen LogP contribution in [0.25, 0.3) is 0 Å². The van der Waals surface area contributed by atoms with E-state index in [1.165, 1.54) is 17.2 Å². The second kappa shape index (κ2) is 6.29. The van der Waals surface area contributed by atoms with Gasteiger partial charge in [0, 0.05) is 13.1 Å². The molecule has 122 valence electrons. The van der Waals surface area contributed by atoms with Crippen molar-refractivity contribution >= 4 is 5.88 Å². The summed E-state index contributed by atoms with van der Waals surface area (Å²) in [5.41, 5.74) is 2.42. The third-order valence-electron chi connectivity index (χ3n) is 4.00. The molecule has 0 aliphatic carbocycles. The van der Waals surface area contributed by atoms with Crippen molar-refractivity contribution in [2.75, 3.05) is 20.8 Å². The van der Waals surface area contributed by atoms with Gasteiger partial charge in [0.1, 0.15) is 10.7 Å². The number of methoxy groups -OCH3 is 2. The van der Waals surface area contributed by atoms with Gasteiger partial charge in [-0.2, -0.15) is 0 Å². The molecule has 0 unspecified atom stereocenters. The van der Waals surface area contributed by atoms with E-state index in [-0.39, 0.29) is 5.88 Å². The largest absolute Gasteiger partial charge is 0.493 e. The molecule has 7 nitrogen and oxygen atoms in total. The van der Waals surface area contributed by atoms with E-state index in [1.54, 1.807) is 20.3 Å². The van der Waals surface area contributed by atoms with Crippen LogP contribution in [0, 0.1) is 10.1 Å². The lowest BCUT2D eigenvalue weighted by molar-refractivity contribution is -0.402. The van der Waals surface area contributed by atoms with Crippen LogP contribution in [0.2, 0.25) is 0 Å². The van der Waals surface area contributed by atoms with E-state index in [9.17, 15) is 10.1 Å². The number of furan rings is 1. The van der Waals surface area contributed by atoms with E-state index >= 15 is 0 Å². The van der Waals surface area contributed by atoms with Gasteiger partial charge in [0.25, 0.3) is 0 Å². The summed E-state index contributed by atoms with van der Waals surface area (Å²) in [5, 5.41) is 10.7. The van der Waals surface area contributed by atoms with Crippen molar-refractivity contribution in [1.29, 1.82) is 0 Å². The molecule has 0 saturated heterocycles. The standard InChI is InChI=1S/C16H18N2O5/c1-21-14-7-11-5-6-17(9-12(11)8-15(14)22-2)10-13-3-4-16(23-13)18(19)20/h3-4,7-8H,5-6,9-10H2,1-2H3. The minimum Gasteiger partial charge on any atom is -0.493 e. The predicted octanol–water partition coefficient (Wildman–Crippen LogP) is 2.76. The number of fused-ring (bicyclic) bond motifs is 1. The van der Waals surface area contributed by atoms with E-state index in [1.807, 2.05) is 12.1 Å². The van der Waals surface area contributed by atoms with E-state index < -0.39 is 4.92 Å². The minimum atomic E-state index is -0.522. The van der Waals surface area contributed by atoms with E-state index in [2.05, 4.69) is 4.90 Å². The van der Waals surface area contributed by atoms with Crippen molar-refractivity contribution < 1.29 is 18.8 Å². The first-order chi connectivity index (χ1) is 11.1. The van der Waals surface area contributed by atoms with Crippen molar-refractivity contribution in [1.82, 2.24) is 4.90 Å². The summed E-state index contributed by atoms with van der Waals surface area (Å²) in [6, 6.07) is 7.05. The van der Waals surface area contributed by atoms with E-state index in [4.69, 9.17) is 13.9 Å². The third-order valence-corrected chi connectivity index (χ3v) is 4.00. The van der Waals surface area contributed by atoms with Crippen LogP contribution in [0.4, 0.5) is 5.88 Å². The zero-order valence-electron chi connectivity index (χ0n) is 13.1. The van der Waals surface area contributed by atoms with Gasteiger partial charge in [-0.1, -0.05) is 0 Å². The molecule has 0 saturated carbocycles. The molecule has 0 bridgehead atoms. The Kier molecular flexibility index (Phi) is 4.20. The predicted molar refractivity (Wildman–Crippen MR) is 82.7 cm³/mol. The van der Waals surface area contributed by atoms with Crippen molar-refractivity contribution in [3.05, 3.63) is 51.3 Å². The summed E-state index contributed by atoms with van der Waals surface area (Å²) in [6.45, 7) is 2.14. The highest BCUT2D eigenvalue weighted by atomic mass is 16.6. The fourth-order valence-electron chi connectivity index (χ4n) is 2.85. The van der Waals surface area contributed by atoms with Gasteiger partial charge in [-0.25, -0.2) is 0 Å². The molecule has 2 aromatic rings. The fourth-order valence-corrected chi connectivity index (χ4v) is 2.85. The van der Waals surface area contributed by atoms with Crippen LogP contribution in [-0.4, -0.2) is 30.6 Å². The molecule has 2 heterocycles. The van der Waals surface area contributed by atoms with Gasteiger partial charge in [-0.15, -0.1) is 0 Å². The SMILES string of the molecule is COc1cc2c(cc1OC)CN(Cc1ccc([N+](=O)[O-])o1)CC2. The minimum absolute atomic E-state index is 0.219. The molecule has 7 heteroatoms. The fraction of sp³-hybridized carbons (Fsp3) is 0.375. The molecule has 0 amide bonds. The van der Waals surface area contributed by atoms with Crippen molar-refractivity contribution in [3.63, 3.8) is 0 Å². The van der Waals surface area contributed by atoms with Crippen LogP contribution in [0.5, 0.6) is 11.5 Å². The van der Waals surface area contributed by atoms with Crippen LogP contribution in [0.3, 0.4) is 0 Å². The molecule has 0 fully saturated rings. The smallest absolute Gasteiger partial charge is 0.433 e. The van der Waals surface area contributed by atoms with Gasteiger partial charge < -0.3 is 13.9 Å². The Balaban J connectivity index is 1.75. The average molecular weight is 318 g/mol. The zero-order valence-corrected chi connectivity index (χ0v) is 13.1. The number of ether oxygens (including phenoxy) is 2. The van der Waals surface area contributed by atoms with Gasteiger partial charge in [-0.05, 0) is 35.7 Å². The first kappa shape index (κ1) is 15.4. The van der Waals surface area contributed by atoms with Crippen LogP contribution < -0.4 is 9.47 Å². The maximum Gasteiger partial charge on any atom is 0.433 e. The highest BCUT2D eigenvalue weighted by Crippen LogP contribution is 2.33. The molecule has 1 aromatic carbocycles. The molecule has 0 N–H and O–H groups in total. The molecule has 0 radical (unpaired) electrons. The number of benzene rings is 1. The first-order valence-electron chi connectivity index (χ1n) is 7.30. The molecule has 0 spiro atoms. The normalized spacial score (nSPS) is 14.3. The highest BCUT2D eigenvalue weighted by molar-refractivity contribution is 5.48. The lowest BCUT2D eigenvalue weighted by Gasteiger charge is -2.28. The molecule has 1 aromatic heterocycles. The Morgan fingerprint density at radius 2 is 1.91 bits per heavy atom. The topological polar surface area (TPSA) is 78.0 Å². The maximum atomic E-state index is 10.7. The molecule has 0 atom stereocenters. The quantitative estimate of drug-likeness (QED) is 0.623. The van der Waals surface area contributed by atoms with Crippen LogP contribution in [0.15, 0.2) is 28.7 Å². The van der Waals surface area contributed by atoms with Crippen molar-refractivity contribution in [2.45, 2.75) is 19.5 Å². The van der Waals surface area contributed by atoms with Crippen LogP contribution in [0.1, 0.15) is 16.9 Å². The Labute approximate surface area is 133 Å². The second-order valence-electron chi connectivity index (χ2n) is 5.43. The molecule has 1 aliphatic rings. The number of hydrogen-bond acceptors (Lipinski definition) is 6. The molecular formula is C16H18N2O5. The number of nitro groups is 1. The van der Waals surface area contributed by atoms with E-state index in [0.29, 0.717) is 18.1 Å². The summed E-state index contributed by atoms with van der Waals surface area (Å²) in [7, 11) is 3.25. The Morgan fingerprint density at radius 3 is 2.52 bits per heavy atom. The van der Waals surface area contributed by atoms with Gasteiger partial charge >= 0.3 is 5.88 Å². The van der Waals surface area contributed by atoms with Gasteiger partial charge in [0.2, 0.25) is 0 Å². The summed E-state index contributed by atoms with van der Waals surface area (Å²) >= 11 is 0. The average Bonchev–Trinajstić information content (AvgIpc) is 3.02.